The fourth-order valence-corrected chi connectivity index (χ4v) is 3.95. The Labute approximate surface area is 150 Å². The fraction of sp³-hybridized carbons (Fsp3) is 0.188. The number of aromatic nitrogens is 4. The summed E-state index contributed by atoms with van der Waals surface area (Å²) in [6, 6.07) is 16.8. The van der Waals surface area contributed by atoms with Crippen LogP contribution in [0, 0.1) is 0 Å². The SMILES string of the molecule is Brc1cccc([C@@H]2C[C@H](c3ccccc3Br)n3nnnc3N2)c1. The largest absolute Gasteiger partial charge is 0.346 e. The van der Waals surface area contributed by atoms with Crippen LogP contribution in [0.1, 0.15) is 29.6 Å². The first-order chi connectivity index (χ1) is 11.2. The van der Waals surface area contributed by atoms with Crippen molar-refractivity contribution in [3.05, 3.63) is 68.6 Å². The Balaban J connectivity index is 1.77. The number of rotatable bonds is 2. The number of benzene rings is 2. The van der Waals surface area contributed by atoms with Gasteiger partial charge in [0.15, 0.2) is 0 Å². The minimum absolute atomic E-state index is 0.0841. The third-order valence-electron chi connectivity index (χ3n) is 4.07. The number of nitrogens with zero attached hydrogens (tertiary/aromatic N) is 4. The van der Waals surface area contributed by atoms with Gasteiger partial charge in [0, 0.05) is 8.95 Å². The van der Waals surface area contributed by atoms with Crippen molar-refractivity contribution in [2.75, 3.05) is 5.32 Å². The van der Waals surface area contributed by atoms with Gasteiger partial charge in [-0.1, -0.05) is 67.3 Å². The maximum Gasteiger partial charge on any atom is 0.243 e. The highest BCUT2D eigenvalue weighted by Gasteiger charge is 2.31. The van der Waals surface area contributed by atoms with E-state index >= 15 is 0 Å². The molecule has 5 nitrogen and oxygen atoms in total. The summed E-state index contributed by atoms with van der Waals surface area (Å²) in [6.07, 6.45) is 0.872. The second-order valence-electron chi connectivity index (χ2n) is 5.47. The predicted octanol–water partition coefficient (Wildman–Crippen LogP) is 4.34. The number of hydrogen-bond donors (Lipinski definition) is 1. The Kier molecular flexibility index (Phi) is 3.90. The number of tetrazole rings is 1. The molecule has 0 aliphatic carbocycles. The molecule has 7 heteroatoms. The van der Waals surface area contributed by atoms with Crippen molar-refractivity contribution >= 4 is 37.8 Å². The number of anilines is 1. The lowest BCUT2D eigenvalue weighted by Gasteiger charge is -2.31. The van der Waals surface area contributed by atoms with Crippen molar-refractivity contribution in [2.24, 2.45) is 0 Å². The monoisotopic (exact) mass is 433 g/mol. The molecule has 1 N–H and O–H groups in total. The van der Waals surface area contributed by atoms with Crippen LogP contribution in [0.15, 0.2) is 57.5 Å². The van der Waals surface area contributed by atoms with Crippen molar-refractivity contribution in [2.45, 2.75) is 18.5 Å². The van der Waals surface area contributed by atoms with Gasteiger partial charge in [-0.25, -0.2) is 4.68 Å². The van der Waals surface area contributed by atoms with E-state index in [9.17, 15) is 0 Å². The molecular weight excluding hydrogens is 422 g/mol. The molecule has 4 rings (SSSR count). The van der Waals surface area contributed by atoms with Gasteiger partial charge >= 0.3 is 0 Å². The molecule has 0 saturated carbocycles. The van der Waals surface area contributed by atoms with Crippen LogP contribution in [-0.4, -0.2) is 20.2 Å². The Bertz CT molecular complexity index is 848. The van der Waals surface area contributed by atoms with Crippen LogP contribution in [0.2, 0.25) is 0 Å². The Morgan fingerprint density at radius 3 is 2.78 bits per heavy atom. The summed E-state index contributed by atoms with van der Waals surface area (Å²) in [7, 11) is 0. The smallest absolute Gasteiger partial charge is 0.243 e. The van der Waals surface area contributed by atoms with E-state index in [4.69, 9.17) is 0 Å². The molecule has 0 fully saturated rings. The first kappa shape index (κ1) is 14.8. The summed E-state index contributed by atoms with van der Waals surface area (Å²) in [5, 5.41) is 15.5. The summed E-state index contributed by atoms with van der Waals surface area (Å²) in [6.45, 7) is 0. The van der Waals surface area contributed by atoms with Gasteiger partial charge < -0.3 is 5.32 Å². The molecule has 2 atom stereocenters. The Hall–Kier alpha value is -1.73. The average molecular weight is 435 g/mol. The van der Waals surface area contributed by atoms with E-state index in [0.29, 0.717) is 5.95 Å². The first-order valence-electron chi connectivity index (χ1n) is 7.26. The Morgan fingerprint density at radius 1 is 1.09 bits per heavy atom. The summed E-state index contributed by atoms with van der Waals surface area (Å²) >= 11 is 7.19. The van der Waals surface area contributed by atoms with Crippen LogP contribution in [-0.2, 0) is 0 Å². The third-order valence-corrected chi connectivity index (χ3v) is 5.28. The molecule has 0 saturated heterocycles. The predicted molar refractivity (Wildman–Crippen MR) is 95.2 cm³/mol. The lowest BCUT2D eigenvalue weighted by molar-refractivity contribution is 0.422. The van der Waals surface area contributed by atoms with Gasteiger partial charge in [0.25, 0.3) is 0 Å². The summed E-state index contributed by atoms with van der Waals surface area (Å²) in [4.78, 5) is 0. The van der Waals surface area contributed by atoms with Gasteiger partial charge in [-0.15, -0.1) is 0 Å². The summed E-state index contributed by atoms with van der Waals surface area (Å²) in [5.74, 6) is 0.696. The van der Waals surface area contributed by atoms with E-state index in [-0.39, 0.29) is 12.1 Å². The molecule has 2 heterocycles. The topological polar surface area (TPSA) is 55.6 Å². The van der Waals surface area contributed by atoms with E-state index in [0.717, 1.165) is 15.4 Å². The number of hydrogen-bond acceptors (Lipinski definition) is 4. The highest BCUT2D eigenvalue weighted by molar-refractivity contribution is 9.10. The lowest BCUT2D eigenvalue weighted by Crippen LogP contribution is -2.28. The highest BCUT2D eigenvalue weighted by Crippen LogP contribution is 2.39. The summed E-state index contributed by atoms with van der Waals surface area (Å²) in [5.41, 5.74) is 2.40. The molecule has 1 aliphatic rings. The van der Waals surface area contributed by atoms with E-state index in [2.05, 4.69) is 77.0 Å². The quantitative estimate of drug-likeness (QED) is 0.651. The van der Waals surface area contributed by atoms with Gasteiger partial charge in [0.2, 0.25) is 5.95 Å². The maximum absolute atomic E-state index is 4.16. The molecule has 1 aliphatic heterocycles. The van der Waals surface area contributed by atoms with E-state index < -0.39 is 0 Å². The molecule has 1 aromatic heterocycles. The first-order valence-corrected chi connectivity index (χ1v) is 8.85. The molecule has 3 aromatic rings. The van der Waals surface area contributed by atoms with Crippen LogP contribution in [0.25, 0.3) is 0 Å². The zero-order valence-electron chi connectivity index (χ0n) is 12.0. The molecule has 0 radical (unpaired) electrons. The van der Waals surface area contributed by atoms with Gasteiger partial charge in [-0.05, 0) is 46.2 Å². The lowest BCUT2D eigenvalue weighted by atomic mass is 9.93. The highest BCUT2D eigenvalue weighted by atomic mass is 79.9. The van der Waals surface area contributed by atoms with Crippen LogP contribution in [0.4, 0.5) is 5.95 Å². The van der Waals surface area contributed by atoms with E-state index in [1.54, 1.807) is 0 Å². The molecule has 0 unspecified atom stereocenters. The molecule has 2 aromatic carbocycles. The fourth-order valence-electron chi connectivity index (χ4n) is 2.98. The molecular formula is C16H13Br2N5. The van der Waals surface area contributed by atoms with Gasteiger partial charge in [0.05, 0.1) is 12.1 Å². The van der Waals surface area contributed by atoms with Crippen LogP contribution in [0.3, 0.4) is 0 Å². The summed E-state index contributed by atoms with van der Waals surface area (Å²) < 4.78 is 4.00. The van der Waals surface area contributed by atoms with Crippen molar-refractivity contribution < 1.29 is 0 Å². The minimum atomic E-state index is 0.0841. The molecule has 0 bridgehead atoms. The average Bonchev–Trinajstić information content (AvgIpc) is 3.03. The third kappa shape index (κ3) is 2.79. The van der Waals surface area contributed by atoms with Gasteiger partial charge in [0.1, 0.15) is 0 Å². The molecule has 23 heavy (non-hydrogen) atoms. The zero-order valence-corrected chi connectivity index (χ0v) is 15.2. The standard InChI is InChI=1S/C16H13Br2N5/c17-11-5-3-4-10(8-11)14-9-15(12-6-1-2-7-13(12)18)23-16(19-14)20-21-22-23/h1-8,14-15H,9H2,(H,19,20,22)/t14-,15+/m0/s1. The minimum Gasteiger partial charge on any atom is -0.346 e. The molecule has 0 amide bonds. The zero-order chi connectivity index (χ0) is 15.8. The van der Waals surface area contributed by atoms with Crippen molar-refractivity contribution in [3.63, 3.8) is 0 Å². The van der Waals surface area contributed by atoms with Crippen molar-refractivity contribution in [1.82, 2.24) is 20.2 Å². The molecule has 116 valence electrons. The van der Waals surface area contributed by atoms with Gasteiger partial charge in [-0.3, -0.25) is 0 Å². The normalized spacial score (nSPS) is 19.9. The molecule has 0 spiro atoms. The second kappa shape index (κ2) is 6.05. The van der Waals surface area contributed by atoms with Crippen molar-refractivity contribution in [1.29, 1.82) is 0 Å². The number of nitrogens with one attached hydrogen (secondary N) is 1. The van der Waals surface area contributed by atoms with Crippen molar-refractivity contribution in [3.8, 4) is 0 Å². The Morgan fingerprint density at radius 2 is 1.96 bits per heavy atom. The number of halogens is 2. The van der Waals surface area contributed by atoms with E-state index in [1.807, 2.05) is 28.9 Å². The van der Waals surface area contributed by atoms with E-state index in [1.165, 1.54) is 11.1 Å². The van der Waals surface area contributed by atoms with Crippen LogP contribution >= 0.6 is 31.9 Å². The number of fused-ring (bicyclic) bond motifs is 1. The second-order valence-corrected chi connectivity index (χ2v) is 7.24. The van der Waals surface area contributed by atoms with Gasteiger partial charge in [-0.2, -0.15) is 0 Å². The maximum atomic E-state index is 4.16. The van der Waals surface area contributed by atoms with Crippen LogP contribution < -0.4 is 5.32 Å². The van der Waals surface area contributed by atoms with Crippen LogP contribution in [0.5, 0.6) is 0 Å².